The second-order valence-electron chi connectivity index (χ2n) is 4.73. The van der Waals surface area contributed by atoms with Crippen molar-refractivity contribution < 1.29 is 9.84 Å². The molecular weight excluding hydrogens is 224 g/mol. The van der Waals surface area contributed by atoms with E-state index in [0.717, 1.165) is 19.3 Å². The molecule has 18 heavy (non-hydrogen) atoms. The summed E-state index contributed by atoms with van der Waals surface area (Å²) in [6.07, 6.45) is 17.2. The van der Waals surface area contributed by atoms with E-state index in [2.05, 4.69) is 13.8 Å². The lowest BCUT2D eigenvalue weighted by Gasteiger charge is -1.99. The van der Waals surface area contributed by atoms with Gasteiger partial charge >= 0.3 is 0 Å². The monoisotopic (exact) mass is 254 g/mol. The highest BCUT2D eigenvalue weighted by atomic mass is 16.6. The summed E-state index contributed by atoms with van der Waals surface area (Å²) in [5, 5.41) is 9.43. The SMILES string of the molecule is CCCCCCC=COC(O)=CCCCCCC. The number of hydrogen-bond acceptors (Lipinski definition) is 2. The Morgan fingerprint density at radius 1 is 0.889 bits per heavy atom. The smallest absolute Gasteiger partial charge is 0.277 e. The van der Waals surface area contributed by atoms with E-state index in [1.54, 1.807) is 12.3 Å². The molecule has 0 aliphatic heterocycles. The zero-order valence-electron chi connectivity index (χ0n) is 12.2. The van der Waals surface area contributed by atoms with Crippen molar-refractivity contribution in [2.24, 2.45) is 0 Å². The maximum absolute atomic E-state index is 9.43. The Morgan fingerprint density at radius 2 is 1.50 bits per heavy atom. The summed E-state index contributed by atoms with van der Waals surface area (Å²) in [6.45, 7) is 4.41. The van der Waals surface area contributed by atoms with Crippen LogP contribution >= 0.6 is 0 Å². The molecule has 1 N–H and O–H groups in total. The molecule has 0 heterocycles. The van der Waals surface area contributed by atoms with Crippen LogP contribution in [0.25, 0.3) is 0 Å². The first-order valence-electron chi connectivity index (χ1n) is 7.52. The molecule has 0 atom stereocenters. The summed E-state index contributed by atoms with van der Waals surface area (Å²) in [5.41, 5.74) is 0. The van der Waals surface area contributed by atoms with E-state index in [4.69, 9.17) is 4.74 Å². The molecule has 0 saturated heterocycles. The van der Waals surface area contributed by atoms with Gasteiger partial charge in [0.2, 0.25) is 0 Å². The maximum Gasteiger partial charge on any atom is 0.277 e. The lowest BCUT2D eigenvalue weighted by Crippen LogP contribution is -1.84. The number of unbranched alkanes of at least 4 members (excludes halogenated alkanes) is 8. The lowest BCUT2D eigenvalue weighted by atomic mass is 10.1. The summed E-state index contributed by atoms with van der Waals surface area (Å²) in [6, 6.07) is 0. The second-order valence-corrected chi connectivity index (χ2v) is 4.73. The van der Waals surface area contributed by atoms with Crippen molar-refractivity contribution in [3.05, 3.63) is 24.4 Å². The highest BCUT2D eigenvalue weighted by molar-refractivity contribution is 4.85. The van der Waals surface area contributed by atoms with Crippen LogP contribution in [0.3, 0.4) is 0 Å². The molecule has 0 rings (SSSR count). The number of ether oxygens (including phenoxy) is 1. The van der Waals surface area contributed by atoms with Gasteiger partial charge in [0.1, 0.15) is 0 Å². The van der Waals surface area contributed by atoms with Crippen molar-refractivity contribution >= 4 is 0 Å². The molecule has 2 heteroatoms. The second kappa shape index (κ2) is 14.1. The van der Waals surface area contributed by atoms with Crippen LogP contribution in [-0.4, -0.2) is 5.11 Å². The predicted molar refractivity (Wildman–Crippen MR) is 78.5 cm³/mol. The quantitative estimate of drug-likeness (QED) is 0.349. The Hall–Kier alpha value is -0.920. The van der Waals surface area contributed by atoms with Crippen LogP contribution in [0, 0.1) is 0 Å². The first-order valence-corrected chi connectivity index (χ1v) is 7.52. The van der Waals surface area contributed by atoms with Gasteiger partial charge in [-0.2, -0.15) is 0 Å². The van der Waals surface area contributed by atoms with Gasteiger partial charge in [0, 0.05) is 0 Å². The topological polar surface area (TPSA) is 29.5 Å². The van der Waals surface area contributed by atoms with Crippen LogP contribution in [0.1, 0.15) is 78.1 Å². The van der Waals surface area contributed by atoms with Gasteiger partial charge in [-0.15, -0.1) is 0 Å². The third-order valence-corrected chi connectivity index (χ3v) is 2.89. The van der Waals surface area contributed by atoms with Crippen LogP contribution in [0.15, 0.2) is 24.4 Å². The third kappa shape index (κ3) is 13.1. The van der Waals surface area contributed by atoms with Crippen LogP contribution in [0.5, 0.6) is 0 Å². The number of hydrogen-bond donors (Lipinski definition) is 1. The molecular formula is C16H30O2. The highest BCUT2D eigenvalue weighted by Crippen LogP contribution is 2.06. The summed E-state index contributed by atoms with van der Waals surface area (Å²) < 4.78 is 5.09. The molecule has 0 aliphatic rings. The minimum atomic E-state index is 0.0382. The van der Waals surface area contributed by atoms with Gasteiger partial charge in [-0.3, -0.25) is 0 Å². The van der Waals surface area contributed by atoms with Crippen molar-refractivity contribution in [3.8, 4) is 0 Å². The van der Waals surface area contributed by atoms with Crippen molar-refractivity contribution in [2.75, 3.05) is 0 Å². The van der Waals surface area contributed by atoms with Crippen LogP contribution in [0.2, 0.25) is 0 Å². The summed E-state index contributed by atoms with van der Waals surface area (Å²) >= 11 is 0. The minimum absolute atomic E-state index is 0.0382. The minimum Gasteiger partial charge on any atom is -0.481 e. The van der Waals surface area contributed by atoms with Gasteiger partial charge in [0.05, 0.1) is 6.26 Å². The van der Waals surface area contributed by atoms with Crippen molar-refractivity contribution in [1.82, 2.24) is 0 Å². The molecule has 2 nitrogen and oxygen atoms in total. The first-order chi connectivity index (χ1) is 8.81. The number of aliphatic hydroxyl groups excluding tert-OH is 1. The fourth-order valence-corrected chi connectivity index (χ4v) is 1.72. The molecule has 0 spiro atoms. The first kappa shape index (κ1) is 17.1. The summed E-state index contributed by atoms with van der Waals surface area (Å²) in [5.74, 6) is 0.0382. The van der Waals surface area contributed by atoms with Crippen molar-refractivity contribution in [3.63, 3.8) is 0 Å². The molecule has 0 aromatic carbocycles. The van der Waals surface area contributed by atoms with Crippen molar-refractivity contribution in [2.45, 2.75) is 78.1 Å². The molecule has 106 valence electrons. The van der Waals surface area contributed by atoms with Gasteiger partial charge in [0.15, 0.2) is 0 Å². The average Bonchev–Trinajstić information content (AvgIpc) is 2.37. The normalized spacial score (nSPS) is 12.2. The van der Waals surface area contributed by atoms with E-state index in [9.17, 15) is 5.11 Å². The van der Waals surface area contributed by atoms with Gasteiger partial charge in [-0.25, -0.2) is 0 Å². The molecule has 0 aromatic heterocycles. The van der Waals surface area contributed by atoms with E-state index in [0.29, 0.717) is 0 Å². The van der Waals surface area contributed by atoms with E-state index in [-0.39, 0.29) is 5.95 Å². The molecule has 0 radical (unpaired) electrons. The largest absolute Gasteiger partial charge is 0.481 e. The molecule has 0 bridgehead atoms. The number of rotatable bonds is 12. The van der Waals surface area contributed by atoms with Crippen LogP contribution < -0.4 is 0 Å². The third-order valence-electron chi connectivity index (χ3n) is 2.89. The molecule has 0 aromatic rings. The molecule has 0 aliphatic carbocycles. The van der Waals surface area contributed by atoms with Gasteiger partial charge in [-0.05, 0) is 37.8 Å². The fraction of sp³-hybridized carbons (Fsp3) is 0.750. The Balaban J connectivity index is 3.41. The highest BCUT2D eigenvalue weighted by Gasteiger charge is 1.91. The molecule has 0 saturated carbocycles. The molecule has 0 fully saturated rings. The lowest BCUT2D eigenvalue weighted by molar-refractivity contribution is 0.165. The molecule has 0 unspecified atom stereocenters. The zero-order valence-corrected chi connectivity index (χ0v) is 12.2. The van der Waals surface area contributed by atoms with Crippen LogP contribution in [-0.2, 0) is 4.74 Å². The van der Waals surface area contributed by atoms with Crippen LogP contribution in [0.4, 0.5) is 0 Å². The van der Waals surface area contributed by atoms with Gasteiger partial charge < -0.3 is 9.84 Å². The Labute approximate surface area is 113 Å². The predicted octanol–water partition coefficient (Wildman–Crippen LogP) is 5.86. The number of aliphatic hydroxyl groups is 1. The molecule has 0 amide bonds. The maximum atomic E-state index is 9.43. The Kier molecular flexibility index (Phi) is 13.4. The van der Waals surface area contributed by atoms with E-state index >= 15 is 0 Å². The standard InChI is InChI=1S/C16H30O2/c1-3-5-7-9-11-13-15-18-16(17)14-12-10-8-6-4-2/h13-15,17H,3-12H2,1-2H3. The van der Waals surface area contributed by atoms with Gasteiger partial charge in [0.25, 0.3) is 5.95 Å². The zero-order chi connectivity index (χ0) is 13.5. The number of allylic oxidation sites excluding steroid dienone is 2. The summed E-state index contributed by atoms with van der Waals surface area (Å²) in [4.78, 5) is 0. The average molecular weight is 254 g/mol. The summed E-state index contributed by atoms with van der Waals surface area (Å²) in [7, 11) is 0. The van der Waals surface area contributed by atoms with Crippen molar-refractivity contribution in [1.29, 1.82) is 0 Å². The van der Waals surface area contributed by atoms with E-state index < -0.39 is 0 Å². The Morgan fingerprint density at radius 3 is 2.11 bits per heavy atom. The fourth-order valence-electron chi connectivity index (χ4n) is 1.72. The van der Waals surface area contributed by atoms with E-state index in [1.165, 1.54) is 44.9 Å². The Bertz CT molecular complexity index is 219. The van der Waals surface area contributed by atoms with E-state index in [1.807, 2.05) is 6.08 Å². The van der Waals surface area contributed by atoms with Gasteiger partial charge in [-0.1, -0.05) is 52.4 Å².